The van der Waals surface area contributed by atoms with Crippen molar-refractivity contribution in [3.63, 3.8) is 0 Å². The largest absolute Gasteiger partial charge is 0.465 e. The van der Waals surface area contributed by atoms with E-state index in [0.29, 0.717) is 27.8 Å². The number of fused-ring (bicyclic) bond motifs is 2. The summed E-state index contributed by atoms with van der Waals surface area (Å²) in [5, 5.41) is 2.01. The van der Waals surface area contributed by atoms with Gasteiger partial charge in [-0.2, -0.15) is 0 Å². The van der Waals surface area contributed by atoms with Crippen molar-refractivity contribution in [1.82, 2.24) is 4.90 Å². The minimum Gasteiger partial charge on any atom is -0.465 e. The average molecular weight is 650 g/mol. The molecule has 4 rings (SSSR count). The first-order valence-corrected chi connectivity index (χ1v) is 14.6. The quantitative estimate of drug-likeness (QED) is 0.167. The van der Waals surface area contributed by atoms with E-state index in [2.05, 4.69) is 12.2 Å². The van der Waals surface area contributed by atoms with Gasteiger partial charge < -0.3 is 14.8 Å². The zero-order chi connectivity index (χ0) is 29.6. The summed E-state index contributed by atoms with van der Waals surface area (Å²) < 4.78 is 10.2. The number of ether oxygens (including phenoxy) is 2. The van der Waals surface area contributed by atoms with E-state index in [-0.39, 0.29) is 31.2 Å². The van der Waals surface area contributed by atoms with E-state index in [4.69, 9.17) is 55.9 Å². The number of hydrogen-bond donors (Lipinski definition) is 1. The molecule has 0 saturated carbocycles. The maximum atomic E-state index is 13.3. The highest BCUT2D eigenvalue weighted by atomic mass is 35.5. The number of hydrogen-bond acceptors (Lipinski definition) is 8. The summed E-state index contributed by atoms with van der Waals surface area (Å²) in [5.41, 5.74) is 0.610. The molecule has 0 saturated heterocycles. The smallest absolute Gasteiger partial charge is 0.341 e. The number of thiophene rings is 1. The van der Waals surface area contributed by atoms with Gasteiger partial charge in [-0.15, -0.1) is 11.3 Å². The number of benzene rings is 1. The molecule has 214 valence electrons. The average Bonchev–Trinajstić information content (AvgIpc) is 3.38. The third kappa shape index (κ3) is 5.32. The molecular formula is C26H24Cl4N2O7S. The Labute approximate surface area is 254 Å². The van der Waals surface area contributed by atoms with Gasteiger partial charge in [0.2, 0.25) is 0 Å². The normalized spacial score (nSPS) is 17.0. The molecular weight excluding hydrogens is 626 g/mol. The maximum Gasteiger partial charge on any atom is 0.341 e. The molecule has 3 amide bonds. The molecule has 2 aliphatic rings. The number of imide groups is 1. The van der Waals surface area contributed by atoms with Crippen LogP contribution in [-0.2, 0) is 31.9 Å². The van der Waals surface area contributed by atoms with Crippen molar-refractivity contribution in [2.45, 2.75) is 46.1 Å². The van der Waals surface area contributed by atoms with Crippen LogP contribution in [0.25, 0.3) is 0 Å². The fraction of sp³-hybridized carbons (Fsp3) is 0.423. The van der Waals surface area contributed by atoms with E-state index in [1.54, 1.807) is 13.8 Å². The van der Waals surface area contributed by atoms with Crippen molar-refractivity contribution in [2.75, 3.05) is 19.0 Å². The summed E-state index contributed by atoms with van der Waals surface area (Å²) in [6, 6.07) is -1.41. The number of methoxy groups -OCH3 is 1. The first kappa shape index (κ1) is 30.6. The molecule has 2 unspecified atom stereocenters. The fourth-order valence-electron chi connectivity index (χ4n) is 4.84. The lowest BCUT2D eigenvalue weighted by molar-refractivity contribution is -0.152. The Balaban J connectivity index is 1.52. The lowest BCUT2D eigenvalue weighted by atomic mass is 9.88. The fourth-order valence-corrected chi connectivity index (χ4v) is 7.27. The van der Waals surface area contributed by atoms with Gasteiger partial charge in [0, 0.05) is 4.88 Å². The molecule has 2 heterocycles. The number of nitrogens with one attached hydrogen (secondary N) is 1. The molecule has 1 aliphatic heterocycles. The van der Waals surface area contributed by atoms with Crippen LogP contribution in [0, 0.1) is 11.8 Å². The van der Waals surface area contributed by atoms with Gasteiger partial charge in [0.25, 0.3) is 17.7 Å². The molecule has 1 aliphatic carbocycles. The summed E-state index contributed by atoms with van der Waals surface area (Å²) in [5.74, 6) is -4.25. The lowest BCUT2D eigenvalue weighted by Gasteiger charge is -2.27. The van der Waals surface area contributed by atoms with E-state index >= 15 is 0 Å². The number of anilines is 1. The van der Waals surface area contributed by atoms with Crippen LogP contribution in [0.1, 0.15) is 68.7 Å². The SMILES string of the molecule is COC(=O)c1c(NC(=O)COC(=O)C(C(C)C)N2C(=O)c3c(Cl)c(Cl)c(Cl)c(Cl)c3C2=O)sc2c1CCC(C)C2. The summed E-state index contributed by atoms with van der Waals surface area (Å²) >= 11 is 25.8. The monoisotopic (exact) mass is 648 g/mol. The lowest BCUT2D eigenvalue weighted by Crippen LogP contribution is -2.49. The third-order valence-electron chi connectivity index (χ3n) is 6.78. The topological polar surface area (TPSA) is 119 Å². The van der Waals surface area contributed by atoms with Crippen LogP contribution in [0.15, 0.2) is 0 Å². The zero-order valence-electron chi connectivity index (χ0n) is 21.8. The van der Waals surface area contributed by atoms with Crippen LogP contribution in [-0.4, -0.2) is 54.3 Å². The molecule has 40 heavy (non-hydrogen) atoms. The Bertz CT molecular complexity index is 1410. The predicted molar refractivity (Wildman–Crippen MR) is 152 cm³/mol. The van der Waals surface area contributed by atoms with Crippen molar-refractivity contribution in [2.24, 2.45) is 11.8 Å². The molecule has 0 bridgehead atoms. The van der Waals surface area contributed by atoms with Gasteiger partial charge in [-0.25, -0.2) is 9.59 Å². The highest BCUT2D eigenvalue weighted by Gasteiger charge is 2.48. The van der Waals surface area contributed by atoms with Crippen LogP contribution in [0.5, 0.6) is 0 Å². The van der Waals surface area contributed by atoms with E-state index in [9.17, 15) is 24.0 Å². The predicted octanol–water partition coefficient (Wildman–Crippen LogP) is 6.08. The van der Waals surface area contributed by atoms with E-state index in [1.165, 1.54) is 18.4 Å². The standard InChI is InChI=1S/C26H24Cl4N2O7S/c1-9(2)21(32-23(34)15-16(24(32)35)18(28)20(30)19(29)17(15)27)26(37)39-8-13(33)31-22-14(25(36)38-4)11-6-5-10(3)7-12(11)40-22/h9-10,21H,5-8H2,1-4H3,(H,31,33). The van der Waals surface area contributed by atoms with Crippen LogP contribution in [0.2, 0.25) is 20.1 Å². The zero-order valence-corrected chi connectivity index (χ0v) is 25.6. The number of amides is 3. The Morgan fingerprint density at radius 2 is 1.60 bits per heavy atom. The van der Waals surface area contributed by atoms with Crippen molar-refractivity contribution in [3.8, 4) is 0 Å². The second-order valence-electron chi connectivity index (χ2n) is 9.88. The summed E-state index contributed by atoms with van der Waals surface area (Å²) in [6.07, 6.45) is 2.36. The highest BCUT2D eigenvalue weighted by molar-refractivity contribution is 7.17. The Hall–Kier alpha value is -2.37. The van der Waals surface area contributed by atoms with E-state index in [1.807, 2.05) is 0 Å². The minimum absolute atomic E-state index is 0.202. The Morgan fingerprint density at radius 1 is 1.02 bits per heavy atom. The maximum absolute atomic E-state index is 13.3. The van der Waals surface area contributed by atoms with Crippen molar-refractivity contribution in [3.05, 3.63) is 47.2 Å². The van der Waals surface area contributed by atoms with Gasteiger partial charge in [0.1, 0.15) is 11.0 Å². The first-order chi connectivity index (χ1) is 18.8. The minimum atomic E-state index is -1.41. The molecule has 0 spiro atoms. The summed E-state index contributed by atoms with van der Waals surface area (Å²) in [7, 11) is 1.26. The van der Waals surface area contributed by atoms with Crippen molar-refractivity contribution < 1.29 is 33.4 Å². The molecule has 9 nitrogen and oxygen atoms in total. The molecule has 1 aromatic heterocycles. The second kappa shape index (κ2) is 11.9. The molecule has 0 fully saturated rings. The first-order valence-electron chi connectivity index (χ1n) is 12.2. The van der Waals surface area contributed by atoms with Crippen LogP contribution in [0.4, 0.5) is 5.00 Å². The second-order valence-corrected chi connectivity index (χ2v) is 12.5. The number of esters is 2. The summed E-state index contributed by atoms with van der Waals surface area (Å²) in [4.78, 5) is 66.6. The number of nitrogens with zero attached hydrogens (tertiary/aromatic N) is 1. The van der Waals surface area contributed by atoms with Crippen LogP contribution >= 0.6 is 57.7 Å². The Kier molecular flexibility index (Phi) is 9.06. The van der Waals surface area contributed by atoms with E-state index in [0.717, 1.165) is 23.3 Å². The number of carbonyl (C=O) groups is 5. The molecule has 2 aromatic rings. The van der Waals surface area contributed by atoms with Gasteiger partial charge in [0.15, 0.2) is 6.61 Å². The third-order valence-corrected chi connectivity index (χ3v) is 9.76. The van der Waals surface area contributed by atoms with Gasteiger partial charge in [-0.1, -0.05) is 67.2 Å². The van der Waals surface area contributed by atoms with Gasteiger partial charge in [0.05, 0.1) is 43.9 Å². The number of rotatable bonds is 7. The van der Waals surface area contributed by atoms with Gasteiger partial charge >= 0.3 is 11.9 Å². The highest BCUT2D eigenvalue weighted by Crippen LogP contribution is 2.45. The summed E-state index contributed by atoms with van der Waals surface area (Å²) in [6.45, 7) is 4.57. The van der Waals surface area contributed by atoms with E-state index < -0.39 is 48.2 Å². The molecule has 1 N–H and O–H groups in total. The number of halogens is 4. The van der Waals surface area contributed by atoms with Gasteiger partial charge in [-0.05, 0) is 36.7 Å². The number of carbonyl (C=O) groups excluding carboxylic acids is 5. The van der Waals surface area contributed by atoms with Crippen molar-refractivity contribution in [1.29, 1.82) is 0 Å². The molecule has 14 heteroatoms. The van der Waals surface area contributed by atoms with Gasteiger partial charge in [-0.3, -0.25) is 19.3 Å². The molecule has 0 radical (unpaired) electrons. The van der Waals surface area contributed by atoms with Crippen LogP contribution in [0.3, 0.4) is 0 Å². The Morgan fingerprint density at radius 3 is 2.12 bits per heavy atom. The molecule has 1 aromatic carbocycles. The van der Waals surface area contributed by atoms with Crippen LogP contribution < -0.4 is 5.32 Å². The van der Waals surface area contributed by atoms with Crippen molar-refractivity contribution >= 4 is 92.4 Å². The molecule has 2 atom stereocenters.